The Morgan fingerprint density at radius 3 is 2.67 bits per heavy atom. The number of nitrogens with one attached hydrogen (secondary N) is 2. The normalized spacial score (nSPS) is 23.6. The zero-order valence-electron chi connectivity index (χ0n) is 13.9. The zero-order valence-corrected chi connectivity index (χ0v) is 14.7. The van der Waals surface area contributed by atoms with Gasteiger partial charge in [-0.15, -0.1) is 0 Å². The van der Waals surface area contributed by atoms with Gasteiger partial charge in [-0.25, -0.2) is 4.72 Å². The molecular formula is C15H33N3O2S. The summed E-state index contributed by atoms with van der Waals surface area (Å²) >= 11 is 0. The standard InChI is InChI=1S/C15H33N3O2S/c1-4-16-10-6-12-18(3)21(19,20)17-11-9-15-8-5-7-14(2)13-15/h14-17H,4-13H2,1-3H3. The maximum Gasteiger partial charge on any atom is 0.279 e. The number of nitrogens with zero attached hydrogens (tertiary/aromatic N) is 1. The van der Waals surface area contributed by atoms with Gasteiger partial charge in [0.1, 0.15) is 0 Å². The van der Waals surface area contributed by atoms with E-state index in [1.165, 1.54) is 30.0 Å². The van der Waals surface area contributed by atoms with Crippen molar-refractivity contribution in [3.63, 3.8) is 0 Å². The van der Waals surface area contributed by atoms with Crippen LogP contribution in [0.3, 0.4) is 0 Å². The molecule has 0 saturated heterocycles. The third kappa shape index (κ3) is 7.58. The summed E-state index contributed by atoms with van der Waals surface area (Å²) in [4.78, 5) is 0. The van der Waals surface area contributed by atoms with Crippen LogP contribution in [-0.4, -0.2) is 45.9 Å². The second-order valence-corrected chi connectivity index (χ2v) is 8.22. The van der Waals surface area contributed by atoms with Gasteiger partial charge in [-0.1, -0.05) is 33.1 Å². The molecule has 0 aromatic rings. The largest absolute Gasteiger partial charge is 0.317 e. The van der Waals surface area contributed by atoms with Crippen LogP contribution in [0.1, 0.15) is 52.4 Å². The average Bonchev–Trinajstić information content (AvgIpc) is 2.43. The fourth-order valence-corrected chi connectivity index (χ4v) is 4.01. The van der Waals surface area contributed by atoms with Crippen molar-refractivity contribution in [1.82, 2.24) is 14.3 Å². The van der Waals surface area contributed by atoms with Crippen molar-refractivity contribution in [1.29, 1.82) is 0 Å². The van der Waals surface area contributed by atoms with Gasteiger partial charge in [0.25, 0.3) is 10.2 Å². The van der Waals surface area contributed by atoms with E-state index in [9.17, 15) is 8.42 Å². The van der Waals surface area contributed by atoms with Gasteiger partial charge in [-0.2, -0.15) is 12.7 Å². The molecule has 0 amide bonds. The molecule has 5 nitrogen and oxygen atoms in total. The molecule has 0 heterocycles. The Labute approximate surface area is 131 Å². The lowest BCUT2D eigenvalue weighted by Crippen LogP contribution is -2.40. The van der Waals surface area contributed by atoms with Crippen molar-refractivity contribution in [2.45, 2.75) is 52.4 Å². The van der Waals surface area contributed by atoms with Crippen LogP contribution in [0, 0.1) is 11.8 Å². The second-order valence-electron chi connectivity index (χ2n) is 6.35. The molecule has 21 heavy (non-hydrogen) atoms. The highest BCUT2D eigenvalue weighted by Crippen LogP contribution is 2.30. The lowest BCUT2D eigenvalue weighted by Gasteiger charge is -2.27. The third-order valence-electron chi connectivity index (χ3n) is 4.37. The number of hydrogen-bond donors (Lipinski definition) is 2. The first kappa shape index (κ1) is 18.9. The van der Waals surface area contributed by atoms with E-state index in [0.29, 0.717) is 19.0 Å². The van der Waals surface area contributed by atoms with Crippen LogP contribution in [-0.2, 0) is 10.2 Å². The zero-order chi connectivity index (χ0) is 15.7. The molecule has 1 rings (SSSR count). The highest BCUT2D eigenvalue weighted by molar-refractivity contribution is 7.87. The molecule has 1 aliphatic carbocycles. The van der Waals surface area contributed by atoms with Crippen LogP contribution < -0.4 is 10.0 Å². The number of rotatable bonds is 10. The summed E-state index contributed by atoms with van der Waals surface area (Å²) < 4.78 is 28.4. The molecule has 6 heteroatoms. The highest BCUT2D eigenvalue weighted by Gasteiger charge is 2.20. The molecule has 0 aliphatic heterocycles. The van der Waals surface area contributed by atoms with Gasteiger partial charge in [-0.3, -0.25) is 0 Å². The minimum Gasteiger partial charge on any atom is -0.317 e. The van der Waals surface area contributed by atoms with Crippen LogP contribution >= 0.6 is 0 Å². The summed E-state index contributed by atoms with van der Waals surface area (Å²) in [5, 5.41) is 3.20. The lowest BCUT2D eigenvalue weighted by atomic mass is 9.81. The Balaban J connectivity index is 2.22. The quantitative estimate of drug-likeness (QED) is 0.605. The lowest BCUT2D eigenvalue weighted by molar-refractivity contribution is 0.270. The number of hydrogen-bond acceptors (Lipinski definition) is 3. The summed E-state index contributed by atoms with van der Waals surface area (Å²) in [6.07, 6.45) is 6.94. The Bertz CT molecular complexity index is 373. The third-order valence-corrected chi connectivity index (χ3v) is 5.94. The first-order valence-electron chi connectivity index (χ1n) is 8.37. The van der Waals surface area contributed by atoms with E-state index >= 15 is 0 Å². The molecule has 2 unspecified atom stereocenters. The van der Waals surface area contributed by atoms with E-state index in [0.717, 1.165) is 31.8 Å². The van der Waals surface area contributed by atoms with Crippen molar-refractivity contribution in [2.75, 3.05) is 33.2 Å². The molecule has 0 aromatic heterocycles. The molecule has 126 valence electrons. The van der Waals surface area contributed by atoms with Gasteiger partial charge >= 0.3 is 0 Å². The first-order chi connectivity index (χ1) is 9.95. The molecule has 0 aromatic carbocycles. The van der Waals surface area contributed by atoms with Crippen LogP contribution in [0.15, 0.2) is 0 Å². The maximum atomic E-state index is 12.1. The summed E-state index contributed by atoms with van der Waals surface area (Å²) in [5.74, 6) is 1.49. The molecule has 1 aliphatic rings. The molecule has 0 bridgehead atoms. The Kier molecular flexibility index (Phi) is 8.78. The smallest absolute Gasteiger partial charge is 0.279 e. The highest BCUT2D eigenvalue weighted by atomic mass is 32.2. The molecule has 2 N–H and O–H groups in total. The average molecular weight is 320 g/mol. The van der Waals surface area contributed by atoms with Gasteiger partial charge in [0.2, 0.25) is 0 Å². The Morgan fingerprint density at radius 2 is 2.00 bits per heavy atom. The van der Waals surface area contributed by atoms with Crippen molar-refractivity contribution in [3.8, 4) is 0 Å². The SMILES string of the molecule is CCNCCCN(C)S(=O)(=O)NCCC1CCCC(C)C1. The van der Waals surface area contributed by atoms with Gasteiger partial charge in [-0.05, 0) is 44.2 Å². The van der Waals surface area contributed by atoms with E-state index in [2.05, 4.69) is 17.0 Å². The van der Waals surface area contributed by atoms with Crippen LogP contribution in [0.5, 0.6) is 0 Å². The van der Waals surface area contributed by atoms with E-state index in [-0.39, 0.29) is 0 Å². The van der Waals surface area contributed by atoms with Gasteiger partial charge in [0.05, 0.1) is 0 Å². The fourth-order valence-electron chi connectivity index (χ4n) is 3.05. The van der Waals surface area contributed by atoms with Gasteiger partial charge in [0.15, 0.2) is 0 Å². The van der Waals surface area contributed by atoms with Gasteiger partial charge in [0, 0.05) is 20.1 Å². The van der Waals surface area contributed by atoms with Gasteiger partial charge < -0.3 is 5.32 Å². The van der Waals surface area contributed by atoms with Crippen molar-refractivity contribution >= 4 is 10.2 Å². The van der Waals surface area contributed by atoms with Crippen LogP contribution in [0.25, 0.3) is 0 Å². The molecular weight excluding hydrogens is 286 g/mol. The maximum absolute atomic E-state index is 12.1. The summed E-state index contributed by atoms with van der Waals surface area (Å²) in [6, 6.07) is 0. The van der Waals surface area contributed by atoms with E-state index < -0.39 is 10.2 Å². The topological polar surface area (TPSA) is 61.4 Å². The molecule has 1 saturated carbocycles. The first-order valence-corrected chi connectivity index (χ1v) is 9.81. The van der Waals surface area contributed by atoms with Crippen LogP contribution in [0.4, 0.5) is 0 Å². The summed E-state index contributed by atoms with van der Waals surface area (Å²) in [5.41, 5.74) is 0. The summed E-state index contributed by atoms with van der Waals surface area (Å²) in [6.45, 7) is 7.26. The minimum atomic E-state index is -3.31. The van der Waals surface area contributed by atoms with Crippen molar-refractivity contribution in [2.24, 2.45) is 11.8 Å². The molecule has 1 fully saturated rings. The van der Waals surface area contributed by atoms with Crippen LogP contribution in [0.2, 0.25) is 0 Å². The predicted molar refractivity (Wildman–Crippen MR) is 88.5 cm³/mol. The monoisotopic (exact) mass is 319 g/mol. The molecule has 2 atom stereocenters. The Morgan fingerprint density at radius 1 is 1.24 bits per heavy atom. The van der Waals surface area contributed by atoms with E-state index in [1.807, 2.05) is 6.92 Å². The Hall–Kier alpha value is -0.170. The second kappa shape index (κ2) is 9.77. The minimum absolute atomic E-state index is 0.558. The van der Waals surface area contributed by atoms with E-state index in [4.69, 9.17) is 0 Å². The fraction of sp³-hybridized carbons (Fsp3) is 1.00. The predicted octanol–water partition coefficient (Wildman–Crippen LogP) is 1.97. The van der Waals surface area contributed by atoms with Crippen molar-refractivity contribution < 1.29 is 8.42 Å². The molecule has 0 spiro atoms. The molecule has 0 radical (unpaired) electrons. The summed E-state index contributed by atoms with van der Waals surface area (Å²) in [7, 11) is -1.66. The van der Waals surface area contributed by atoms with Crippen molar-refractivity contribution in [3.05, 3.63) is 0 Å². The van der Waals surface area contributed by atoms with E-state index in [1.54, 1.807) is 7.05 Å².